The van der Waals surface area contributed by atoms with Crippen LogP contribution in [-0.2, 0) is 10.9 Å². The van der Waals surface area contributed by atoms with Crippen LogP contribution in [0.25, 0.3) is 0 Å². The van der Waals surface area contributed by atoms with E-state index in [9.17, 15) is 27.2 Å². The molecular formula is C16H10ClF4NO3. The third-order valence-electron chi connectivity index (χ3n) is 3.16. The van der Waals surface area contributed by atoms with Crippen LogP contribution < -0.4 is 5.32 Å². The van der Waals surface area contributed by atoms with E-state index in [1.807, 2.05) is 0 Å². The van der Waals surface area contributed by atoms with Gasteiger partial charge in [-0.1, -0.05) is 11.6 Å². The average Bonchev–Trinajstić information content (AvgIpc) is 2.55. The van der Waals surface area contributed by atoms with Crippen LogP contribution in [-0.4, -0.2) is 19.0 Å². The SMILES string of the molecule is COC(=O)c1cc(NC(=O)c2ccc(F)c(C(F)(F)F)c2)ccc1Cl. The van der Waals surface area contributed by atoms with Crippen molar-refractivity contribution in [1.29, 1.82) is 0 Å². The van der Waals surface area contributed by atoms with Gasteiger partial charge in [0.25, 0.3) is 5.91 Å². The van der Waals surface area contributed by atoms with Crippen LogP contribution in [0.1, 0.15) is 26.3 Å². The molecule has 0 aliphatic rings. The van der Waals surface area contributed by atoms with Crippen molar-refractivity contribution < 1.29 is 31.9 Å². The molecule has 0 saturated carbocycles. The number of hydrogen-bond donors (Lipinski definition) is 1. The molecule has 132 valence electrons. The van der Waals surface area contributed by atoms with Gasteiger partial charge in [0.2, 0.25) is 0 Å². The van der Waals surface area contributed by atoms with Gasteiger partial charge in [0, 0.05) is 11.3 Å². The fourth-order valence-electron chi connectivity index (χ4n) is 1.96. The van der Waals surface area contributed by atoms with E-state index in [0.717, 1.165) is 13.2 Å². The highest BCUT2D eigenvalue weighted by Crippen LogP contribution is 2.32. The summed E-state index contributed by atoms with van der Waals surface area (Å²) in [6, 6.07) is 5.74. The van der Waals surface area contributed by atoms with E-state index in [1.165, 1.54) is 18.2 Å². The smallest absolute Gasteiger partial charge is 0.419 e. The minimum absolute atomic E-state index is 0.0305. The Bertz CT molecular complexity index is 837. The van der Waals surface area contributed by atoms with Gasteiger partial charge in [-0.05, 0) is 36.4 Å². The summed E-state index contributed by atoms with van der Waals surface area (Å²) in [4.78, 5) is 23.6. The van der Waals surface area contributed by atoms with Crippen molar-refractivity contribution in [3.05, 3.63) is 63.9 Å². The van der Waals surface area contributed by atoms with E-state index in [1.54, 1.807) is 0 Å². The highest BCUT2D eigenvalue weighted by Gasteiger charge is 2.34. The first kappa shape index (κ1) is 18.7. The first-order chi connectivity index (χ1) is 11.6. The monoisotopic (exact) mass is 375 g/mol. The van der Waals surface area contributed by atoms with Gasteiger partial charge in [0.15, 0.2) is 0 Å². The molecule has 0 saturated heterocycles. The molecule has 0 aromatic heterocycles. The van der Waals surface area contributed by atoms with Crippen LogP contribution in [0.15, 0.2) is 36.4 Å². The molecule has 0 unspecified atom stereocenters. The standard InChI is InChI=1S/C16H10ClF4NO3/c1-25-15(24)10-7-9(3-4-12(10)17)22-14(23)8-2-5-13(18)11(6-8)16(19,20)21/h2-7H,1H3,(H,22,23). The molecular weight excluding hydrogens is 366 g/mol. The third kappa shape index (κ3) is 4.27. The Hall–Kier alpha value is -2.61. The van der Waals surface area contributed by atoms with Crippen molar-refractivity contribution in [2.45, 2.75) is 6.18 Å². The first-order valence-corrected chi connectivity index (χ1v) is 7.07. The lowest BCUT2D eigenvalue weighted by molar-refractivity contribution is -0.140. The quantitative estimate of drug-likeness (QED) is 0.633. The van der Waals surface area contributed by atoms with Gasteiger partial charge in [-0.15, -0.1) is 0 Å². The lowest BCUT2D eigenvalue weighted by Crippen LogP contribution is -2.15. The third-order valence-corrected chi connectivity index (χ3v) is 3.49. The lowest BCUT2D eigenvalue weighted by atomic mass is 10.1. The fraction of sp³-hybridized carbons (Fsp3) is 0.125. The molecule has 0 atom stereocenters. The number of ether oxygens (including phenoxy) is 1. The molecule has 0 aliphatic heterocycles. The molecule has 2 rings (SSSR count). The maximum atomic E-state index is 13.3. The van der Waals surface area contributed by atoms with Gasteiger partial charge in [0.05, 0.1) is 23.3 Å². The van der Waals surface area contributed by atoms with E-state index < -0.39 is 35.0 Å². The highest BCUT2D eigenvalue weighted by molar-refractivity contribution is 6.33. The number of halogens is 5. The summed E-state index contributed by atoms with van der Waals surface area (Å²) in [5.74, 6) is -3.14. The van der Waals surface area contributed by atoms with Gasteiger partial charge < -0.3 is 10.1 Å². The summed E-state index contributed by atoms with van der Waals surface area (Å²) in [5, 5.41) is 2.38. The van der Waals surface area contributed by atoms with E-state index in [4.69, 9.17) is 11.6 Å². The number of amides is 1. The maximum absolute atomic E-state index is 13.3. The molecule has 4 nitrogen and oxygen atoms in total. The van der Waals surface area contributed by atoms with Crippen LogP contribution in [0.2, 0.25) is 5.02 Å². The Balaban J connectivity index is 2.30. The van der Waals surface area contributed by atoms with E-state index in [-0.39, 0.29) is 16.3 Å². The van der Waals surface area contributed by atoms with E-state index >= 15 is 0 Å². The summed E-state index contributed by atoms with van der Waals surface area (Å²) >= 11 is 5.83. The molecule has 0 spiro atoms. The van der Waals surface area contributed by atoms with E-state index in [2.05, 4.69) is 10.1 Å². The molecule has 0 radical (unpaired) electrons. The second kappa shape index (κ2) is 7.10. The Morgan fingerprint density at radius 1 is 1.12 bits per heavy atom. The summed E-state index contributed by atoms with van der Waals surface area (Å²) in [6.45, 7) is 0. The van der Waals surface area contributed by atoms with Gasteiger partial charge in [-0.25, -0.2) is 9.18 Å². The molecule has 1 amide bonds. The summed E-state index contributed by atoms with van der Waals surface area (Å²) < 4.78 is 55.9. The topological polar surface area (TPSA) is 55.4 Å². The molecule has 1 N–H and O–H groups in total. The average molecular weight is 376 g/mol. The molecule has 0 heterocycles. The van der Waals surface area contributed by atoms with Crippen LogP contribution in [0.4, 0.5) is 23.2 Å². The van der Waals surface area contributed by atoms with Crippen molar-refractivity contribution in [3.8, 4) is 0 Å². The van der Waals surface area contributed by atoms with Crippen LogP contribution in [0.3, 0.4) is 0 Å². The molecule has 2 aromatic carbocycles. The predicted molar refractivity (Wildman–Crippen MR) is 82.1 cm³/mol. The zero-order valence-electron chi connectivity index (χ0n) is 12.6. The van der Waals surface area contributed by atoms with Crippen LogP contribution in [0, 0.1) is 5.82 Å². The normalized spacial score (nSPS) is 11.1. The maximum Gasteiger partial charge on any atom is 0.419 e. The zero-order valence-corrected chi connectivity index (χ0v) is 13.3. The Morgan fingerprint density at radius 2 is 1.80 bits per heavy atom. The van der Waals surface area contributed by atoms with E-state index in [0.29, 0.717) is 12.1 Å². The predicted octanol–water partition coefficient (Wildman–Crippen LogP) is 4.54. The molecule has 0 aliphatic carbocycles. The second-order valence-electron chi connectivity index (χ2n) is 4.83. The highest BCUT2D eigenvalue weighted by atomic mass is 35.5. The van der Waals surface area contributed by atoms with Gasteiger partial charge in [0.1, 0.15) is 5.82 Å². The number of benzene rings is 2. The number of anilines is 1. The molecule has 0 bridgehead atoms. The molecule has 25 heavy (non-hydrogen) atoms. The van der Waals surface area contributed by atoms with Crippen molar-refractivity contribution in [1.82, 2.24) is 0 Å². The number of nitrogens with one attached hydrogen (secondary N) is 1. The largest absolute Gasteiger partial charge is 0.465 e. The van der Waals surface area contributed by atoms with Crippen molar-refractivity contribution >= 4 is 29.2 Å². The number of rotatable bonds is 3. The van der Waals surface area contributed by atoms with Crippen LogP contribution >= 0.6 is 11.6 Å². The van der Waals surface area contributed by atoms with Crippen molar-refractivity contribution in [3.63, 3.8) is 0 Å². The number of hydrogen-bond acceptors (Lipinski definition) is 3. The molecule has 9 heteroatoms. The fourth-order valence-corrected chi connectivity index (χ4v) is 2.15. The van der Waals surface area contributed by atoms with Crippen molar-refractivity contribution in [2.75, 3.05) is 12.4 Å². The van der Waals surface area contributed by atoms with Gasteiger partial charge in [-0.2, -0.15) is 13.2 Å². The Labute approximate surface area is 144 Å². The van der Waals surface area contributed by atoms with Crippen LogP contribution in [0.5, 0.6) is 0 Å². The number of esters is 1. The molecule has 0 fully saturated rings. The number of alkyl halides is 3. The molecule has 2 aromatic rings. The number of carbonyl (C=O) groups is 2. The Morgan fingerprint density at radius 3 is 2.40 bits per heavy atom. The van der Waals surface area contributed by atoms with Crippen molar-refractivity contribution in [2.24, 2.45) is 0 Å². The zero-order chi connectivity index (χ0) is 18.8. The number of carbonyl (C=O) groups excluding carboxylic acids is 2. The first-order valence-electron chi connectivity index (χ1n) is 6.69. The minimum Gasteiger partial charge on any atom is -0.465 e. The lowest BCUT2D eigenvalue weighted by Gasteiger charge is -2.11. The number of methoxy groups -OCH3 is 1. The summed E-state index contributed by atoms with van der Waals surface area (Å²) in [7, 11) is 1.14. The summed E-state index contributed by atoms with van der Waals surface area (Å²) in [6.07, 6.45) is -4.93. The van der Waals surface area contributed by atoms with Gasteiger partial charge >= 0.3 is 12.1 Å². The second-order valence-corrected chi connectivity index (χ2v) is 5.24. The Kier molecular flexibility index (Phi) is 5.32. The van der Waals surface area contributed by atoms with Gasteiger partial charge in [-0.3, -0.25) is 4.79 Å². The minimum atomic E-state index is -4.93. The summed E-state index contributed by atoms with van der Waals surface area (Å²) in [5.41, 5.74) is -1.88.